The molecule has 1 amide bonds. The number of aromatic nitrogens is 3. The van der Waals surface area contributed by atoms with Crippen LogP contribution in [0.2, 0.25) is 5.02 Å². The summed E-state index contributed by atoms with van der Waals surface area (Å²) in [6.07, 6.45) is 0. The molecule has 0 saturated heterocycles. The molecule has 11 heteroatoms. The van der Waals surface area contributed by atoms with E-state index in [2.05, 4.69) is 20.5 Å². The van der Waals surface area contributed by atoms with Crippen LogP contribution in [0.25, 0.3) is 11.4 Å². The second-order valence-electron chi connectivity index (χ2n) is 6.06. The Labute approximate surface area is 188 Å². The number of hydrogen-bond donors (Lipinski definition) is 2. The van der Waals surface area contributed by atoms with Crippen LogP contribution in [0.15, 0.2) is 35.5 Å². The third kappa shape index (κ3) is 5.33. The lowest BCUT2D eigenvalue weighted by molar-refractivity contribution is -0.113. The molecule has 2 aromatic carbocycles. The highest BCUT2D eigenvalue weighted by atomic mass is 35.5. The largest absolute Gasteiger partial charge is 0.496 e. The zero-order valence-electron chi connectivity index (χ0n) is 17.3. The number of aromatic amines is 1. The molecule has 2 N–H and O–H groups in total. The molecular weight excluding hydrogens is 444 g/mol. The minimum atomic E-state index is -0.244. The Morgan fingerprint density at radius 3 is 2.32 bits per heavy atom. The van der Waals surface area contributed by atoms with Crippen molar-refractivity contribution in [1.29, 1.82) is 0 Å². The smallest absolute Gasteiger partial charge is 0.234 e. The number of benzene rings is 2. The number of carbonyl (C=O) groups excluding carboxylic acids is 1. The maximum absolute atomic E-state index is 12.4. The summed E-state index contributed by atoms with van der Waals surface area (Å²) in [5, 5.41) is 10.7. The normalized spacial score (nSPS) is 10.5. The standard InChI is InChI=1S/C20H21ClN4O5S/c1-27-14-6-5-11(21)7-13(14)19-23-20(25-24-19)31-10-17(26)22-12-8-15(28-2)18(30-4)16(9-12)29-3/h5-9H,10H2,1-4H3,(H,22,26)(H,23,24,25). The van der Waals surface area contributed by atoms with Crippen LogP contribution in [0.4, 0.5) is 5.69 Å². The van der Waals surface area contributed by atoms with Crippen molar-refractivity contribution < 1.29 is 23.7 Å². The second-order valence-corrected chi connectivity index (χ2v) is 7.44. The number of hydrogen-bond acceptors (Lipinski definition) is 8. The van der Waals surface area contributed by atoms with Gasteiger partial charge in [-0.25, -0.2) is 4.98 Å². The van der Waals surface area contributed by atoms with Crippen LogP contribution in [0.5, 0.6) is 23.0 Å². The third-order valence-electron chi connectivity index (χ3n) is 4.16. The Hall–Kier alpha value is -3.11. The highest BCUT2D eigenvalue weighted by Crippen LogP contribution is 2.40. The van der Waals surface area contributed by atoms with E-state index < -0.39 is 0 Å². The van der Waals surface area contributed by atoms with E-state index in [1.54, 1.807) is 37.4 Å². The first-order valence-corrected chi connectivity index (χ1v) is 10.3. The molecule has 0 aliphatic carbocycles. The monoisotopic (exact) mass is 464 g/mol. The van der Waals surface area contributed by atoms with E-state index in [4.69, 9.17) is 30.5 Å². The van der Waals surface area contributed by atoms with E-state index in [0.29, 0.717) is 50.3 Å². The molecule has 0 radical (unpaired) electrons. The first-order chi connectivity index (χ1) is 15.0. The molecule has 0 aliphatic heterocycles. The molecule has 3 aromatic rings. The van der Waals surface area contributed by atoms with Crippen molar-refractivity contribution >= 4 is 35.0 Å². The van der Waals surface area contributed by atoms with E-state index in [-0.39, 0.29) is 11.7 Å². The van der Waals surface area contributed by atoms with Gasteiger partial charge in [0.05, 0.1) is 39.8 Å². The first-order valence-electron chi connectivity index (χ1n) is 8.98. The number of carbonyl (C=O) groups is 1. The van der Waals surface area contributed by atoms with Gasteiger partial charge >= 0.3 is 0 Å². The van der Waals surface area contributed by atoms with Crippen molar-refractivity contribution in [3.8, 4) is 34.4 Å². The van der Waals surface area contributed by atoms with Gasteiger partial charge in [-0.2, -0.15) is 0 Å². The fraction of sp³-hybridized carbons (Fsp3) is 0.250. The van der Waals surface area contributed by atoms with E-state index in [1.807, 2.05) is 0 Å². The summed E-state index contributed by atoms with van der Waals surface area (Å²) in [6.45, 7) is 0. The van der Waals surface area contributed by atoms with Crippen LogP contribution in [0, 0.1) is 0 Å². The van der Waals surface area contributed by atoms with Crippen molar-refractivity contribution in [2.24, 2.45) is 0 Å². The maximum atomic E-state index is 12.4. The number of H-pyrrole nitrogens is 1. The highest BCUT2D eigenvalue weighted by molar-refractivity contribution is 7.99. The van der Waals surface area contributed by atoms with Gasteiger partial charge in [0.25, 0.3) is 0 Å². The number of methoxy groups -OCH3 is 4. The van der Waals surface area contributed by atoms with E-state index in [0.717, 1.165) is 0 Å². The summed E-state index contributed by atoms with van der Waals surface area (Å²) in [5.41, 5.74) is 1.19. The van der Waals surface area contributed by atoms with Crippen LogP contribution < -0.4 is 24.3 Å². The molecule has 0 unspecified atom stereocenters. The van der Waals surface area contributed by atoms with Gasteiger partial charge in [0, 0.05) is 22.8 Å². The number of nitrogens with one attached hydrogen (secondary N) is 2. The van der Waals surface area contributed by atoms with E-state index in [1.165, 1.54) is 33.1 Å². The molecule has 1 heterocycles. The van der Waals surface area contributed by atoms with E-state index in [9.17, 15) is 4.79 Å². The number of amides is 1. The number of anilines is 1. The topological polar surface area (TPSA) is 108 Å². The maximum Gasteiger partial charge on any atom is 0.234 e. The molecular formula is C20H21ClN4O5S. The number of rotatable bonds is 9. The first kappa shape index (κ1) is 22.6. The minimum Gasteiger partial charge on any atom is -0.496 e. The summed E-state index contributed by atoms with van der Waals surface area (Å²) >= 11 is 7.25. The number of nitrogens with zero attached hydrogens (tertiary/aromatic N) is 2. The average molecular weight is 465 g/mol. The van der Waals surface area contributed by atoms with Crippen LogP contribution in [-0.2, 0) is 4.79 Å². The lowest BCUT2D eigenvalue weighted by Gasteiger charge is -2.14. The van der Waals surface area contributed by atoms with Gasteiger partial charge in [0.15, 0.2) is 17.3 Å². The number of thioether (sulfide) groups is 1. The van der Waals surface area contributed by atoms with Gasteiger partial charge in [-0.15, -0.1) is 5.10 Å². The van der Waals surface area contributed by atoms with Crippen LogP contribution in [-0.4, -0.2) is 55.3 Å². The Morgan fingerprint density at radius 1 is 1.03 bits per heavy atom. The highest BCUT2D eigenvalue weighted by Gasteiger charge is 2.16. The molecule has 9 nitrogen and oxygen atoms in total. The third-order valence-corrected chi connectivity index (χ3v) is 5.24. The van der Waals surface area contributed by atoms with Crippen molar-refractivity contribution in [1.82, 2.24) is 15.2 Å². The average Bonchev–Trinajstić information content (AvgIpc) is 3.25. The Morgan fingerprint density at radius 2 is 1.71 bits per heavy atom. The van der Waals surface area contributed by atoms with Crippen LogP contribution >= 0.6 is 23.4 Å². The Kier molecular flexibility index (Phi) is 7.48. The molecule has 3 rings (SSSR count). The lowest BCUT2D eigenvalue weighted by atomic mass is 10.2. The van der Waals surface area contributed by atoms with Gasteiger partial charge in [-0.1, -0.05) is 23.4 Å². The molecule has 0 saturated carbocycles. The minimum absolute atomic E-state index is 0.0979. The lowest BCUT2D eigenvalue weighted by Crippen LogP contribution is -2.14. The zero-order chi connectivity index (χ0) is 22.4. The molecule has 0 bridgehead atoms. The van der Waals surface area contributed by atoms with Crippen molar-refractivity contribution in [3.63, 3.8) is 0 Å². The zero-order valence-corrected chi connectivity index (χ0v) is 18.9. The predicted molar refractivity (Wildman–Crippen MR) is 119 cm³/mol. The van der Waals surface area contributed by atoms with Crippen molar-refractivity contribution in [2.75, 3.05) is 39.5 Å². The number of ether oxygens (including phenoxy) is 4. The molecule has 0 spiro atoms. The van der Waals surface area contributed by atoms with E-state index >= 15 is 0 Å². The molecule has 164 valence electrons. The summed E-state index contributed by atoms with van der Waals surface area (Å²) in [6, 6.07) is 8.51. The van der Waals surface area contributed by atoms with Gasteiger partial charge in [-0.05, 0) is 18.2 Å². The fourth-order valence-corrected chi connectivity index (χ4v) is 3.55. The molecule has 1 aromatic heterocycles. The van der Waals surface area contributed by atoms with Gasteiger partial charge in [-0.3, -0.25) is 9.89 Å². The summed E-state index contributed by atoms with van der Waals surface area (Å²) in [5.74, 6) is 2.29. The molecule has 0 aliphatic rings. The molecule has 31 heavy (non-hydrogen) atoms. The van der Waals surface area contributed by atoms with Gasteiger partial charge < -0.3 is 24.3 Å². The predicted octanol–water partition coefficient (Wildman–Crippen LogP) is 3.89. The fourth-order valence-electron chi connectivity index (χ4n) is 2.78. The summed E-state index contributed by atoms with van der Waals surface area (Å²) in [4.78, 5) is 16.8. The Balaban J connectivity index is 1.67. The Bertz CT molecular complexity index is 1050. The quantitative estimate of drug-likeness (QED) is 0.459. The molecule has 0 fully saturated rings. The number of halogens is 1. The SMILES string of the molecule is COc1ccc(Cl)cc1-c1nc(SCC(=O)Nc2cc(OC)c(OC)c(OC)c2)n[nH]1. The van der Waals surface area contributed by atoms with Crippen LogP contribution in [0.1, 0.15) is 0 Å². The van der Waals surface area contributed by atoms with Gasteiger partial charge in [0.2, 0.25) is 16.8 Å². The summed E-state index contributed by atoms with van der Waals surface area (Å²) < 4.78 is 21.2. The summed E-state index contributed by atoms with van der Waals surface area (Å²) in [7, 11) is 6.09. The molecule has 0 atom stereocenters. The van der Waals surface area contributed by atoms with Crippen molar-refractivity contribution in [2.45, 2.75) is 5.16 Å². The van der Waals surface area contributed by atoms with Gasteiger partial charge in [0.1, 0.15) is 5.75 Å². The van der Waals surface area contributed by atoms with Crippen LogP contribution in [0.3, 0.4) is 0 Å². The second kappa shape index (κ2) is 10.3. The van der Waals surface area contributed by atoms with Crippen molar-refractivity contribution in [3.05, 3.63) is 35.4 Å².